The first kappa shape index (κ1) is 82.0. The Morgan fingerprint density at radius 2 is 0.787 bits per heavy atom. The van der Waals surface area contributed by atoms with E-state index in [1.54, 1.807) is 6.08 Å². The first-order chi connectivity index (χ1) is 43.6. The molecule has 2 saturated heterocycles. The lowest BCUT2D eigenvalue weighted by molar-refractivity contribution is -0.359. The molecule has 2 fully saturated rings. The summed E-state index contributed by atoms with van der Waals surface area (Å²) in [6, 6.07) is -0.948. The third-order valence-corrected chi connectivity index (χ3v) is 17.0. The highest BCUT2D eigenvalue weighted by Crippen LogP contribution is 2.30. The van der Waals surface area contributed by atoms with Gasteiger partial charge in [-0.05, 0) is 89.9 Å². The number of aliphatic hydroxyl groups is 8. The molecule has 2 rings (SSSR count). The third-order valence-electron chi connectivity index (χ3n) is 17.0. The Morgan fingerprint density at radius 1 is 0.416 bits per heavy atom. The molecule has 14 heteroatoms. The predicted molar refractivity (Wildman–Crippen MR) is 364 cm³/mol. The number of nitrogens with one attached hydrogen (secondary N) is 1. The number of carbonyl (C=O) groups is 1. The van der Waals surface area contributed by atoms with E-state index >= 15 is 0 Å². The summed E-state index contributed by atoms with van der Waals surface area (Å²) in [6.07, 6.45) is 66.1. The number of hydrogen-bond donors (Lipinski definition) is 9. The van der Waals surface area contributed by atoms with Gasteiger partial charge in [0.05, 0.1) is 32.0 Å². The molecule has 0 aromatic rings. The van der Waals surface area contributed by atoms with Crippen LogP contribution in [0.5, 0.6) is 0 Å². The predicted octanol–water partition coefficient (Wildman–Crippen LogP) is 15.0. The summed E-state index contributed by atoms with van der Waals surface area (Å²) in [5, 5.41) is 87.5. The summed E-state index contributed by atoms with van der Waals surface area (Å²) < 4.78 is 22.8. The van der Waals surface area contributed by atoms with E-state index in [2.05, 4.69) is 104 Å². The second-order valence-corrected chi connectivity index (χ2v) is 25.0. The first-order valence-corrected chi connectivity index (χ1v) is 36.0. The molecule has 9 N–H and O–H groups in total. The number of aliphatic hydroxyl groups excluding tert-OH is 8. The Morgan fingerprint density at radius 3 is 1.24 bits per heavy atom. The lowest BCUT2D eigenvalue weighted by Gasteiger charge is -2.46. The SMILES string of the molecule is CC/C=C\C/C=C\C/C=C\C/C=C\C/C=C\CCCCCCCCCCCCCC(=O)NC(COC1OC(CO)C(OC2OC(CO)C(O)C(O)C2O)C(O)C1O)C(O)/C=C/CC/C=C/CC/C=C/CCCCCCCCCCCCCCCCCCCC. The highest BCUT2D eigenvalue weighted by atomic mass is 16.7. The monoisotopic (exact) mass is 1250 g/mol. The van der Waals surface area contributed by atoms with Crippen LogP contribution in [0.15, 0.2) is 97.2 Å². The normalized spacial score (nSPS) is 23.6. The Hall–Kier alpha value is -3.09. The maximum atomic E-state index is 13.3. The lowest BCUT2D eigenvalue weighted by Crippen LogP contribution is -2.65. The molecule has 0 aliphatic carbocycles. The number of unbranched alkanes of at least 4 members (excludes halogenated alkanes) is 31. The van der Waals surface area contributed by atoms with Gasteiger partial charge in [0.25, 0.3) is 0 Å². The van der Waals surface area contributed by atoms with Gasteiger partial charge >= 0.3 is 0 Å². The van der Waals surface area contributed by atoms with Gasteiger partial charge in [0.1, 0.15) is 48.8 Å². The molecule has 0 bridgehead atoms. The van der Waals surface area contributed by atoms with Gasteiger partial charge in [0.15, 0.2) is 12.6 Å². The van der Waals surface area contributed by atoms with Crippen LogP contribution in [0, 0.1) is 0 Å². The molecular weight excluding hydrogens is 1120 g/mol. The Labute approximate surface area is 541 Å². The van der Waals surface area contributed by atoms with Crippen LogP contribution in [0.4, 0.5) is 0 Å². The summed E-state index contributed by atoms with van der Waals surface area (Å²) >= 11 is 0. The standard InChI is InChI=1S/C75H131NO13/c1-3-5-7-9-11-13-15-17-19-21-23-25-27-29-31-33-34-36-38-40-42-44-46-48-50-52-54-56-58-64(79)63(62-86-74-72(85)70(83)73(66(61-78)88-74)89-75-71(84)69(82)68(81)65(60-77)87-75)76-67(80)59-57-55-53-51-49-47-45-43-41-39-37-35-32-30-28-26-24-22-20-18-16-14-12-10-8-6-4-2/h6,8,12,14,18,20,24,26,30,32,40,42,48,50,56,58,63-66,68-75,77-79,81-85H,3-5,7,9-11,13,15-17,19,21-23,25,27-29,31,33-39,41,43-47,49,51-55,57,59-62H2,1-2H3,(H,76,80)/b8-6-,14-12-,20-18-,26-24-,32-30-,42-40+,50-48+,58-56+. The minimum Gasteiger partial charge on any atom is -0.394 e. The van der Waals surface area contributed by atoms with Crippen molar-refractivity contribution in [1.82, 2.24) is 5.32 Å². The van der Waals surface area contributed by atoms with E-state index in [1.807, 2.05) is 6.08 Å². The molecule has 89 heavy (non-hydrogen) atoms. The van der Waals surface area contributed by atoms with Crippen LogP contribution >= 0.6 is 0 Å². The second kappa shape index (κ2) is 58.7. The summed E-state index contributed by atoms with van der Waals surface area (Å²) in [7, 11) is 0. The van der Waals surface area contributed by atoms with Gasteiger partial charge in [-0.1, -0.05) is 278 Å². The largest absolute Gasteiger partial charge is 0.394 e. The topological polar surface area (TPSA) is 228 Å². The van der Waals surface area contributed by atoms with Crippen LogP contribution < -0.4 is 5.32 Å². The fourth-order valence-electron chi connectivity index (χ4n) is 11.3. The maximum absolute atomic E-state index is 13.3. The molecule has 0 radical (unpaired) electrons. The van der Waals surface area contributed by atoms with E-state index in [9.17, 15) is 45.6 Å². The number of hydrogen-bond acceptors (Lipinski definition) is 13. The molecular formula is C75H131NO13. The minimum absolute atomic E-state index is 0.258. The third kappa shape index (κ3) is 42.7. The lowest BCUT2D eigenvalue weighted by atomic mass is 9.97. The van der Waals surface area contributed by atoms with Crippen molar-refractivity contribution in [1.29, 1.82) is 0 Å². The van der Waals surface area contributed by atoms with E-state index in [1.165, 1.54) is 161 Å². The fourth-order valence-corrected chi connectivity index (χ4v) is 11.3. The molecule has 0 spiro atoms. The van der Waals surface area contributed by atoms with Gasteiger partial charge in [0, 0.05) is 6.42 Å². The Balaban J connectivity index is 1.71. The average molecular weight is 1250 g/mol. The highest BCUT2D eigenvalue weighted by Gasteiger charge is 2.51. The average Bonchev–Trinajstić information content (AvgIpc) is 2.75. The minimum atomic E-state index is -1.80. The van der Waals surface area contributed by atoms with Crippen molar-refractivity contribution in [3.63, 3.8) is 0 Å². The first-order valence-electron chi connectivity index (χ1n) is 36.0. The molecule has 2 aliphatic heterocycles. The molecule has 514 valence electrons. The van der Waals surface area contributed by atoms with Crippen molar-refractivity contribution < 1.29 is 64.6 Å². The maximum Gasteiger partial charge on any atom is 0.220 e. The zero-order valence-corrected chi connectivity index (χ0v) is 55.9. The molecule has 12 unspecified atom stereocenters. The Kier molecular flexibility index (Phi) is 54.1. The summed E-state index contributed by atoms with van der Waals surface area (Å²) in [6.45, 7) is 2.68. The second-order valence-electron chi connectivity index (χ2n) is 25.0. The number of allylic oxidation sites excluding steroid dienone is 15. The van der Waals surface area contributed by atoms with Crippen LogP contribution in [0.1, 0.15) is 277 Å². The molecule has 12 atom stereocenters. The van der Waals surface area contributed by atoms with Gasteiger partial charge in [-0.25, -0.2) is 0 Å². The highest BCUT2D eigenvalue weighted by molar-refractivity contribution is 5.76. The fraction of sp³-hybridized carbons (Fsp3) is 0.773. The number of ether oxygens (including phenoxy) is 4. The van der Waals surface area contributed by atoms with Crippen LogP contribution in [-0.4, -0.2) is 140 Å². The molecule has 14 nitrogen and oxygen atoms in total. The van der Waals surface area contributed by atoms with Crippen molar-refractivity contribution >= 4 is 5.91 Å². The molecule has 2 aliphatic rings. The zero-order valence-electron chi connectivity index (χ0n) is 55.9. The molecule has 0 aromatic carbocycles. The number of carbonyl (C=O) groups excluding carboxylic acids is 1. The molecule has 0 saturated carbocycles. The van der Waals surface area contributed by atoms with Crippen molar-refractivity contribution in [2.24, 2.45) is 0 Å². The quantitative estimate of drug-likeness (QED) is 0.0204. The van der Waals surface area contributed by atoms with E-state index in [-0.39, 0.29) is 18.9 Å². The van der Waals surface area contributed by atoms with Crippen LogP contribution in [0.3, 0.4) is 0 Å². The summed E-state index contributed by atoms with van der Waals surface area (Å²) in [5.74, 6) is -0.258. The van der Waals surface area contributed by atoms with E-state index in [0.717, 1.165) is 83.5 Å². The summed E-state index contributed by atoms with van der Waals surface area (Å²) in [4.78, 5) is 13.3. The number of rotatable bonds is 58. The van der Waals surface area contributed by atoms with Gasteiger partial charge < -0.3 is 65.1 Å². The summed E-state index contributed by atoms with van der Waals surface area (Å²) in [5.41, 5.74) is 0. The number of amides is 1. The van der Waals surface area contributed by atoms with Crippen LogP contribution in [0.25, 0.3) is 0 Å². The van der Waals surface area contributed by atoms with Gasteiger partial charge in [-0.2, -0.15) is 0 Å². The Bertz CT molecular complexity index is 1860. The van der Waals surface area contributed by atoms with Crippen LogP contribution in [0.2, 0.25) is 0 Å². The van der Waals surface area contributed by atoms with Gasteiger partial charge in [0.2, 0.25) is 5.91 Å². The van der Waals surface area contributed by atoms with E-state index in [4.69, 9.17) is 18.9 Å². The molecule has 1 amide bonds. The van der Waals surface area contributed by atoms with Gasteiger partial charge in [-0.15, -0.1) is 0 Å². The zero-order chi connectivity index (χ0) is 64.5. The van der Waals surface area contributed by atoms with Crippen molar-refractivity contribution in [2.75, 3.05) is 19.8 Å². The van der Waals surface area contributed by atoms with Crippen molar-refractivity contribution in [3.8, 4) is 0 Å². The van der Waals surface area contributed by atoms with Gasteiger partial charge in [-0.3, -0.25) is 4.79 Å². The van der Waals surface area contributed by atoms with Crippen LogP contribution in [-0.2, 0) is 23.7 Å². The molecule has 2 heterocycles. The smallest absolute Gasteiger partial charge is 0.220 e. The molecule has 0 aromatic heterocycles. The van der Waals surface area contributed by atoms with Crippen molar-refractivity contribution in [2.45, 2.75) is 351 Å². The van der Waals surface area contributed by atoms with Crippen molar-refractivity contribution in [3.05, 3.63) is 97.2 Å². The van der Waals surface area contributed by atoms with E-state index < -0.39 is 86.8 Å². The van der Waals surface area contributed by atoms with E-state index in [0.29, 0.717) is 12.8 Å².